The zero-order valence-corrected chi connectivity index (χ0v) is 10.0. The molecule has 0 aliphatic heterocycles. The van der Waals surface area contributed by atoms with Crippen molar-refractivity contribution in [3.05, 3.63) is 59.4 Å². The van der Waals surface area contributed by atoms with E-state index in [2.05, 4.69) is 36.2 Å². The van der Waals surface area contributed by atoms with Gasteiger partial charge in [0.05, 0.1) is 6.20 Å². The molecule has 3 nitrogen and oxygen atoms in total. The zero-order valence-electron chi connectivity index (χ0n) is 10.0. The fraction of sp³-hybridized carbons (Fsp3) is 0.286. The van der Waals surface area contributed by atoms with Crippen LogP contribution in [-0.2, 0) is 0 Å². The summed E-state index contributed by atoms with van der Waals surface area (Å²) in [6.07, 6.45) is 2.54. The second kappa shape index (κ2) is 5.06. The Balaban J connectivity index is 2.23. The molecule has 0 aliphatic carbocycles. The summed E-state index contributed by atoms with van der Waals surface area (Å²) in [5.74, 6) is 0.504. The van der Waals surface area contributed by atoms with Crippen LogP contribution < -0.4 is 0 Å². The molecule has 1 aromatic heterocycles. The molecule has 1 heterocycles. The minimum Gasteiger partial charge on any atom is -0.384 e. The number of benzene rings is 1. The molecule has 1 aromatic carbocycles. The van der Waals surface area contributed by atoms with E-state index in [1.54, 1.807) is 18.5 Å². The zero-order chi connectivity index (χ0) is 12.3. The van der Waals surface area contributed by atoms with Crippen molar-refractivity contribution in [2.24, 2.45) is 0 Å². The van der Waals surface area contributed by atoms with Crippen LogP contribution in [0.1, 0.15) is 42.6 Å². The van der Waals surface area contributed by atoms with Gasteiger partial charge in [0.15, 0.2) is 0 Å². The molecule has 0 radical (unpaired) electrons. The van der Waals surface area contributed by atoms with Gasteiger partial charge in [-0.05, 0) is 23.1 Å². The maximum Gasteiger partial charge on any atom is 0.106 e. The highest BCUT2D eigenvalue weighted by atomic mass is 16.3. The third kappa shape index (κ3) is 2.68. The Bertz CT molecular complexity index is 465. The monoisotopic (exact) mass is 228 g/mol. The highest BCUT2D eigenvalue weighted by Gasteiger charge is 2.10. The summed E-state index contributed by atoms with van der Waals surface area (Å²) in [5, 5.41) is 17.6. The summed E-state index contributed by atoms with van der Waals surface area (Å²) >= 11 is 0. The normalized spacial score (nSPS) is 12.7. The molecule has 1 unspecified atom stereocenters. The van der Waals surface area contributed by atoms with E-state index in [1.165, 1.54) is 5.56 Å². The van der Waals surface area contributed by atoms with Gasteiger partial charge in [-0.3, -0.25) is 0 Å². The first-order chi connectivity index (χ1) is 8.18. The average Bonchev–Trinajstić information content (AvgIpc) is 2.39. The van der Waals surface area contributed by atoms with Crippen LogP contribution in [0, 0.1) is 0 Å². The lowest BCUT2D eigenvalue weighted by molar-refractivity contribution is 0.219. The Morgan fingerprint density at radius 3 is 2.06 bits per heavy atom. The number of hydrogen-bond acceptors (Lipinski definition) is 3. The van der Waals surface area contributed by atoms with Gasteiger partial charge >= 0.3 is 0 Å². The minimum absolute atomic E-state index is 0.504. The van der Waals surface area contributed by atoms with Crippen molar-refractivity contribution >= 4 is 0 Å². The predicted octanol–water partition coefficient (Wildman–Crippen LogP) is 2.68. The van der Waals surface area contributed by atoms with Crippen LogP contribution in [0.3, 0.4) is 0 Å². The van der Waals surface area contributed by atoms with Gasteiger partial charge in [-0.25, -0.2) is 0 Å². The molecule has 0 saturated carbocycles. The molecule has 0 fully saturated rings. The van der Waals surface area contributed by atoms with Crippen molar-refractivity contribution < 1.29 is 5.11 Å². The largest absolute Gasteiger partial charge is 0.384 e. The summed E-state index contributed by atoms with van der Waals surface area (Å²) in [4.78, 5) is 0. The van der Waals surface area contributed by atoms with Gasteiger partial charge in [0, 0.05) is 11.8 Å². The molecular weight excluding hydrogens is 212 g/mol. The smallest absolute Gasteiger partial charge is 0.106 e. The third-order valence-electron chi connectivity index (χ3n) is 2.84. The number of hydrogen-bond donors (Lipinski definition) is 1. The van der Waals surface area contributed by atoms with E-state index < -0.39 is 6.10 Å². The van der Waals surface area contributed by atoms with Crippen LogP contribution in [-0.4, -0.2) is 15.3 Å². The SMILES string of the molecule is CC(C)c1ccc(C(O)c2ccnnc2)cc1. The van der Waals surface area contributed by atoms with Crippen molar-refractivity contribution in [3.63, 3.8) is 0 Å². The standard InChI is InChI=1S/C14H16N2O/c1-10(2)11-3-5-12(6-4-11)14(17)13-7-8-15-16-9-13/h3-10,14,17H,1-2H3. The summed E-state index contributed by atoms with van der Waals surface area (Å²) in [6.45, 7) is 4.30. The molecule has 0 bridgehead atoms. The molecule has 3 heteroatoms. The lowest BCUT2D eigenvalue weighted by atomic mass is 9.98. The Morgan fingerprint density at radius 2 is 1.53 bits per heavy atom. The Kier molecular flexibility index (Phi) is 3.49. The van der Waals surface area contributed by atoms with Gasteiger partial charge in [0.2, 0.25) is 0 Å². The second-order valence-corrected chi connectivity index (χ2v) is 4.40. The first-order valence-electron chi connectivity index (χ1n) is 5.73. The topological polar surface area (TPSA) is 46.0 Å². The van der Waals surface area contributed by atoms with Crippen molar-refractivity contribution in [1.29, 1.82) is 0 Å². The van der Waals surface area contributed by atoms with Crippen molar-refractivity contribution in [2.45, 2.75) is 25.9 Å². The molecule has 1 N–H and O–H groups in total. The summed E-state index contributed by atoms with van der Waals surface area (Å²) in [5.41, 5.74) is 2.91. The highest BCUT2D eigenvalue weighted by molar-refractivity contribution is 5.31. The fourth-order valence-corrected chi connectivity index (χ4v) is 1.72. The van der Waals surface area contributed by atoms with Crippen molar-refractivity contribution in [2.75, 3.05) is 0 Å². The van der Waals surface area contributed by atoms with Crippen LogP contribution >= 0.6 is 0 Å². The first-order valence-corrected chi connectivity index (χ1v) is 5.73. The van der Waals surface area contributed by atoms with E-state index in [9.17, 15) is 5.11 Å². The summed E-state index contributed by atoms with van der Waals surface area (Å²) in [7, 11) is 0. The summed E-state index contributed by atoms with van der Waals surface area (Å²) < 4.78 is 0. The lowest BCUT2D eigenvalue weighted by Crippen LogP contribution is -2.01. The minimum atomic E-state index is -0.633. The first kappa shape index (κ1) is 11.7. The van der Waals surface area contributed by atoms with Crippen LogP contribution in [0.2, 0.25) is 0 Å². The van der Waals surface area contributed by atoms with Gasteiger partial charge in [-0.15, -0.1) is 0 Å². The lowest BCUT2D eigenvalue weighted by Gasteiger charge is -2.12. The number of nitrogens with zero attached hydrogens (tertiary/aromatic N) is 2. The number of aliphatic hydroxyl groups is 1. The summed E-state index contributed by atoms with van der Waals surface area (Å²) in [6, 6.07) is 9.80. The van der Waals surface area contributed by atoms with Gasteiger partial charge in [0.1, 0.15) is 6.10 Å². The highest BCUT2D eigenvalue weighted by Crippen LogP contribution is 2.23. The Hall–Kier alpha value is -1.74. The third-order valence-corrected chi connectivity index (χ3v) is 2.84. The van der Waals surface area contributed by atoms with Gasteiger partial charge in [0.25, 0.3) is 0 Å². The molecule has 0 spiro atoms. The Labute approximate surface area is 101 Å². The molecule has 0 amide bonds. The molecule has 2 aromatic rings. The Morgan fingerprint density at radius 1 is 0.882 bits per heavy atom. The van der Waals surface area contributed by atoms with Gasteiger partial charge < -0.3 is 5.11 Å². The van der Waals surface area contributed by atoms with E-state index >= 15 is 0 Å². The van der Waals surface area contributed by atoms with Crippen LogP contribution in [0.5, 0.6) is 0 Å². The van der Waals surface area contributed by atoms with Crippen LogP contribution in [0.15, 0.2) is 42.7 Å². The number of aliphatic hydroxyl groups excluding tert-OH is 1. The maximum absolute atomic E-state index is 10.2. The second-order valence-electron chi connectivity index (χ2n) is 4.40. The van der Waals surface area contributed by atoms with Crippen LogP contribution in [0.4, 0.5) is 0 Å². The van der Waals surface area contributed by atoms with Crippen molar-refractivity contribution in [1.82, 2.24) is 10.2 Å². The molecule has 17 heavy (non-hydrogen) atoms. The fourth-order valence-electron chi connectivity index (χ4n) is 1.72. The number of rotatable bonds is 3. The average molecular weight is 228 g/mol. The van der Waals surface area contributed by atoms with Gasteiger partial charge in [-0.1, -0.05) is 38.1 Å². The van der Waals surface area contributed by atoms with E-state index in [0.717, 1.165) is 11.1 Å². The van der Waals surface area contributed by atoms with E-state index in [4.69, 9.17) is 0 Å². The number of aromatic nitrogens is 2. The van der Waals surface area contributed by atoms with E-state index in [0.29, 0.717) is 5.92 Å². The molecule has 0 saturated heterocycles. The molecule has 88 valence electrons. The quantitative estimate of drug-likeness (QED) is 0.878. The molecular formula is C14H16N2O. The van der Waals surface area contributed by atoms with Crippen molar-refractivity contribution in [3.8, 4) is 0 Å². The van der Waals surface area contributed by atoms with E-state index in [-0.39, 0.29) is 0 Å². The van der Waals surface area contributed by atoms with Gasteiger partial charge in [-0.2, -0.15) is 10.2 Å². The molecule has 2 rings (SSSR count). The molecule has 1 atom stereocenters. The predicted molar refractivity (Wildman–Crippen MR) is 66.6 cm³/mol. The maximum atomic E-state index is 10.2. The van der Waals surface area contributed by atoms with Crippen LogP contribution in [0.25, 0.3) is 0 Å². The van der Waals surface area contributed by atoms with E-state index in [1.807, 2.05) is 12.1 Å². The molecule has 0 aliphatic rings.